The van der Waals surface area contributed by atoms with Crippen LogP contribution in [0.5, 0.6) is 5.75 Å². The predicted molar refractivity (Wildman–Crippen MR) is 147 cm³/mol. The molecule has 0 bridgehead atoms. The summed E-state index contributed by atoms with van der Waals surface area (Å²) in [6.07, 6.45) is -4.62. The van der Waals surface area contributed by atoms with E-state index in [1.807, 2.05) is 6.92 Å². The molecular weight excluding hydrogens is 584 g/mol. The second kappa shape index (κ2) is 13.4. The zero-order chi connectivity index (χ0) is 29.6. The van der Waals surface area contributed by atoms with Gasteiger partial charge in [-0.15, -0.1) is 10.2 Å². The van der Waals surface area contributed by atoms with Crippen LogP contribution in [0.4, 0.5) is 23.2 Å². The molecule has 0 saturated heterocycles. The third kappa shape index (κ3) is 7.57. The van der Waals surface area contributed by atoms with E-state index in [4.69, 9.17) is 21.1 Å². The molecule has 1 amide bonds. The van der Waals surface area contributed by atoms with Gasteiger partial charge in [-0.1, -0.05) is 65.8 Å². The summed E-state index contributed by atoms with van der Waals surface area (Å²) in [5.41, 5.74) is -0.564. The number of nitrogens with zero attached hydrogens (tertiary/aromatic N) is 3. The Morgan fingerprint density at radius 2 is 1.78 bits per heavy atom. The highest BCUT2D eigenvalue weighted by Gasteiger charge is 2.32. The molecule has 13 heteroatoms. The molecule has 1 heterocycles. The lowest BCUT2D eigenvalue weighted by atomic mass is 10.1. The van der Waals surface area contributed by atoms with Crippen molar-refractivity contribution in [1.29, 1.82) is 0 Å². The number of carbonyl (C=O) groups is 1. The number of rotatable bonds is 11. The van der Waals surface area contributed by atoms with E-state index in [-0.39, 0.29) is 35.7 Å². The van der Waals surface area contributed by atoms with Crippen molar-refractivity contribution in [2.45, 2.75) is 36.2 Å². The molecule has 0 aliphatic carbocycles. The molecule has 0 aliphatic rings. The van der Waals surface area contributed by atoms with Crippen LogP contribution in [0.25, 0.3) is 0 Å². The Morgan fingerprint density at radius 3 is 2.46 bits per heavy atom. The molecule has 4 aromatic rings. The molecule has 1 aromatic heterocycles. The minimum atomic E-state index is -4.62. The summed E-state index contributed by atoms with van der Waals surface area (Å²) in [5.74, 6) is -0.767. The first-order valence-corrected chi connectivity index (χ1v) is 13.5. The van der Waals surface area contributed by atoms with Gasteiger partial charge in [0, 0.05) is 7.11 Å². The van der Waals surface area contributed by atoms with Crippen molar-refractivity contribution in [3.8, 4) is 5.75 Å². The Hall–Kier alpha value is -3.61. The monoisotopic (exact) mass is 608 g/mol. The number of carbonyl (C=O) groups excluding carboxylic acids is 1. The molecule has 0 saturated carbocycles. The van der Waals surface area contributed by atoms with Gasteiger partial charge in [0.15, 0.2) is 22.5 Å². The van der Waals surface area contributed by atoms with Crippen LogP contribution in [0.15, 0.2) is 78.0 Å². The highest BCUT2D eigenvalue weighted by Crippen LogP contribution is 2.39. The third-order valence-electron chi connectivity index (χ3n) is 5.89. The summed E-state index contributed by atoms with van der Waals surface area (Å²) in [5, 5.41) is 10.3. The van der Waals surface area contributed by atoms with Crippen LogP contribution in [-0.4, -0.2) is 34.4 Å². The Morgan fingerprint density at radius 1 is 1.07 bits per heavy atom. The van der Waals surface area contributed by atoms with Crippen molar-refractivity contribution >= 4 is 35.0 Å². The number of nitrogens with one attached hydrogen (secondary N) is 1. The molecule has 4 rings (SSSR count). The van der Waals surface area contributed by atoms with Crippen molar-refractivity contribution in [1.82, 2.24) is 14.8 Å². The molecule has 0 unspecified atom stereocenters. The lowest BCUT2D eigenvalue weighted by Crippen LogP contribution is -2.21. The maximum atomic E-state index is 14.1. The number of methoxy groups -OCH3 is 1. The smallest absolute Gasteiger partial charge is 0.416 e. The van der Waals surface area contributed by atoms with Gasteiger partial charge in [-0.05, 0) is 42.8 Å². The molecule has 0 radical (unpaired) electrons. The van der Waals surface area contributed by atoms with Crippen molar-refractivity contribution in [2.24, 2.45) is 0 Å². The number of ether oxygens (including phenoxy) is 2. The number of para-hydroxylation sites is 1. The van der Waals surface area contributed by atoms with Crippen molar-refractivity contribution < 1.29 is 31.8 Å². The summed E-state index contributed by atoms with van der Waals surface area (Å²) in [6, 6.07) is 17.0. The maximum Gasteiger partial charge on any atom is 0.416 e. The van der Waals surface area contributed by atoms with Crippen molar-refractivity contribution in [3.05, 3.63) is 101 Å². The van der Waals surface area contributed by atoms with Gasteiger partial charge >= 0.3 is 6.18 Å². The standard InChI is InChI=1S/C28H25ClF4N4O3S/c1-17(15-39-2)37-24(16-40-23-11-7-6-10-21(23)30)35-36-27(37)41-25(18-8-4-3-5-9-18)26(38)34-22-14-19(28(31,32)33)12-13-20(22)29/h3-14,17,25H,15-16H2,1-2H3,(H,34,38)/t17-,25-/m0/s1. The normalized spacial score (nSPS) is 13.0. The lowest BCUT2D eigenvalue weighted by Gasteiger charge is -2.21. The second-order valence-corrected chi connectivity index (χ2v) is 10.4. The first kappa shape index (κ1) is 30.4. The summed E-state index contributed by atoms with van der Waals surface area (Å²) in [4.78, 5) is 13.6. The molecule has 2 atom stereocenters. The fourth-order valence-corrected chi connectivity index (χ4v) is 5.27. The van der Waals surface area contributed by atoms with E-state index >= 15 is 0 Å². The van der Waals surface area contributed by atoms with Crippen LogP contribution < -0.4 is 10.1 Å². The first-order valence-electron chi connectivity index (χ1n) is 12.3. The van der Waals surface area contributed by atoms with Crippen LogP contribution in [0, 0.1) is 5.82 Å². The molecule has 0 aliphatic heterocycles. The minimum Gasteiger partial charge on any atom is -0.483 e. The minimum absolute atomic E-state index is 0.0372. The number of thioether (sulfide) groups is 1. The molecule has 216 valence electrons. The van der Waals surface area contributed by atoms with E-state index in [0.29, 0.717) is 16.5 Å². The van der Waals surface area contributed by atoms with Gasteiger partial charge in [-0.3, -0.25) is 9.36 Å². The topological polar surface area (TPSA) is 78.3 Å². The van der Waals surface area contributed by atoms with Gasteiger partial charge in [-0.25, -0.2) is 4.39 Å². The van der Waals surface area contributed by atoms with Gasteiger partial charge < -0.3 is 14.8 Å². The number of aromatic nitrogens is 3. The van der Waals surface area contributed by atoms with E-state index in [9.17, 15) is 22.4 Å². The van der Waals surface area contributed by atoms with Gasteiger partial charge in [0.1, 0.15) is 11.9 Å². The van der Waals surface area contributed by atoms with Crippen molar-refractivity contribution in [2.75, 3.05) is 19.0 Å². The van der Waals surface area contributed by atoms with Crippen LogP contribution in [0.2, 0.25) is 5.02 Å². The quantitative estimate of drug-likeness (QED) is 0.142. The first-order chi connectivity index (χ1) is 19.6. The molecule has 0 fully saturated rings. The number of hydrogen-bond donors (Lipinski definition) is 1. The number of anilines is 1. The third-order valence-corrected chi connectivity index (χ3v) is 7.43. The molecule has 7 nitrogen and oxygen atoms in total. The fourth-order valence-electron chi connectivity index (χ4n) is 3.95. The Labute approximate surface area is 242 Å². The molecule has 0 spiro atoms. The fraction of sp³-hybridized carbons (Fsp3) is 0.250. The van der Waals surface area contributed by atoms with Gasteiger partial charge in [-0.2, -0.15) is 13.2 Å². The Bertz CT molecular complexity index is 1490. The van der Waals surface area contributed by atoms with Crippen LogP contribution in [0.3, 0.4) is 0 Å². The van der Waals surface area contributed by atoms with E-state index in [1.54, 1.807) is 47.0 Å². The Balaban J connectivity index is 1.66. The average molecular weight is 609 g/mol. The zero-order valence-electron chi connectivity index (χ0n) is 21.9. The number of halogens is 5. The highest BCUT2D eigenvalue weighted by atomic mass is 35.5. The SMILES string of the molecule is COC[C@H](C)n1c(COc2ccccc2F)nnc1S[C@H](C(=O)Nc1cc(C(F)(F)F)ccc1Cl)c1ccccc1. The summed E-state index contributed by atoms with van der Waals surface area (Å²) < 4.78 is 66.7. The number of benzene rings is 3. The number of hydrogen-bond acceptors (Lipinski definition) is 6. The van der Waals surface area contributed by atoms with Crippen LogP contribution in [-0.2, 0) is 22.3 Å². The second-order valence-electron chi connectivity index (χ2n) is 8.88. The van der Waals surface area contributed by atoms with Gasteiger partial charge in [0.05, 0.1) is 28.9 Å². The van der Waals surface area contributed by atoms with E-state index < -0.39 is 28.7 Å². The van der Waals surface area contributed by atoms with Crippen molar-refractivity contribution in [3.63, 3.8) is 0 Å². The van der Waals surface area contributed by atoms with E-state index in [0.717, 1.165) is 30.0 Å². The van der Waals surface area contributed by atoms with Gasteiger partial charge in [0.2, 0.25) is 5.91 Å². The maximum absolute atomic E-state index is 14.1. The van der Waals surface area contributed by atoms with Crippen LogP contribution in [0.1, 0.15) is 35.2 Å². The molecule has 3 aromatic carbocycles. The van der Waals surface area contributed by atoms with E-state index in [2.05, 4.69) is 15.5 Å². The molecule has 1 N–H and O–H groups in total. The highest BCUT2D eigenvalue weighted by molar-refractivity contribution is 8.00. The van der Waals surface area contributed by atoms with Crippen LogP contribution >= 0.6 is 23.4 Å². The summed E-state index contributed by atoms with van der Waals surface area (Å²) in [7, 11) is 1.53. The average Bonchev–Trinajstić information content (AvgIpc) is 3.35. The Kier molecular flexibility index (Phi) is 9.90. The zero-order valence-corrected chi connectivity index (χ0v) is 23.4. The summed E-state index contributed by atoms with van der Waals surface area (Å²) >= 11 is 7.17. The number of amides is 1. The van der Waals surface area contributed by atoms with E-state index in [1.165, 1.54) is 19.2 Å². The van der Waals surface area contributed by atoms with Gasteiger partial charge in [0.25, 0.3) is 0 Å². The molecular formula is C28H25ClF4N4O3S. The predicted octanol–water partition coefficient (Wildman–Crippen LogP) is 7.35. The largest absolute Gasteiger partial charge is 0.483 e. The number of alkyl halides is 3. The lowest BCUT2D eigenvalue weighted by molar-refractivity contribution is -0.137. The molecule has 41 heavy (non-hydrogen) atoms. The summed E-state index contributed by atoms with van der Waals surface area (Å²) in [6.45, 7) is 1.99.